The molecule has 0 aliphatic carbocycles. The van der Waals surface area contributed by atoms with Gasteiger partial charge < -0.3 is 15.2 Å². The van der Waals surface area contributed by atoms with E-state index in [4.69, 9.17) is 21.4 Å². The Hall–Kier alpha value is -2.27. The van der Waals surface area contributed by atoms with Crippen LogP contribution in [0.3, 0.4) is 0 Å². The Morgan fingerprint density at radius 1 is 1.40 bits per heavy atom. The minimum atomic E-state index is -1.03. The number of rotatable bonds is 4. The van der Waals surface area contributed by atoms with Gasteiger partial charge in [-0.2, -0.15) is 0 Å². The Morgan fingerprint density at radius 3 is 2.80 bits per heavy atom. The van der Waals surface area contributed by atoms with Gasteiger partial charge in [0.1, 0.15) is 5.75 Å². The number of nitrogens with zero attached hydrogens (tertiary/aromatic N) is 1. The molecule has 1 heterocycles. The number of halogens is 1. The lowest BCUT2D eigenvalue weighted by Gasteiger charge is -2.14. The SMILES string of the molecule is COc1cc(Cl)c(C)cc1Nc1cnccc1C(=O)O. The van der Waals surface area contributed by atoms with Gasteiger partial charge in [-0.15, -0.1) is 0 Å². The van der Waals surface area contributed by atoms with E-state index in [2.05, 4.69) is 10.3 Å². The Labute approximate surface area is 121 Å². The van der Waals surface area contributed by atoms with Crippen LogP contribution in [0.2, 0.25) is 5.02 Å². The molecular weight excluding hydrogens is 280 g/mol. The van der Waals surface area contributed by atoms with E-state index in [0.717, 1.165) is 5.56 Å². The summed E-state index contributed by atoms with van der Waals surface area (Å²) in [5, 5.41) is 12.7. The van der Waals surface area contributed by atoms with Gasteiger partial charge in [-0.3, -0.25) is 4.98 Å². The average molecular weight is 293 g/mol. The summed E-state index contributed by atoms with van der Waals surface area (Å²) >= 11 is 6.04. The van der Waals surface area contributed by atoms with Gasteiger partial charge in [-0.05, 0) is 24.6 Å². The van der Waals surface area contributed by atoms with Crippen molar-refractivity contribution < 1.29 is 14.6 Å². The van der Waals surface area contributed by atoms with Crippen molar-refractivity contribution >= 4 is 28.9 Å². The van der Waals surface area contributed by atoms with Gasteiger partial charge in [-0.25, -0.2) is 4.79 Å². The van der Waals surface area contributed by atoms with Crippen LogP contribution in [0.1, 0.15) is 15.9 Å². The van der Waals surface area contributed by atoms with Gasteiger partial charge in [0, 0.05) is 17.3 Å². The molecule has 0 spiro atoms. The fourth-order valence-corrected chi connectivity index (χ4v) is 1.91. The van der Waals surface area contributed by atoms with E-state index in [1.165, 1.54) is 25.6 Å². The van der Waals surface area contributed by atoms with Crippen molar-refractivity contribution in [2.45, 2.75) is 6.92 Å². The second-order valence-electron chi connectivity index (χ2n) is 4.15. The fourth-order valence-electron chi connectivity index (χ4n) is 1.76. The number of carboxylic acid groups (broad SMARTS) is 1. The van der Waals surface area contributed by atoms with Crippen molar-refractivity contribution in [1.29, 1.82) is 0 Å². The number of aromatic carboxylic acids is 1. The second kappa shape index (κ2) is 5.79. The monoisotopic (exact) mass is 292 g/mol. The minimum absolute atomic E-state index is 0.134. The number of aryl methyl sites for hydroxylation is 1. The lowest BCUT2D eigenvalue weighted by Crippen LogP contribution is -2.04. The largest absolute Gasteiger partial charge is 0.495 e. The number of hydrogen-bond acceptors (Lipinski definition) is 4. The Kier molecular flexibility index (Phi) is 4.10. The van der Waals surface area contributed by atoms with Crippen molar-refractivity contribution in [1.82, 2.24) is 4.98 Å². The van der Waals surface area contributed by atoms with Crippen LogP contribution in [-0.4, -0.2) is 23.2 Å². The summed E-state index contributed by atoms with van der Waals surface area (Å²) in [4.78, 5) is 15.1. The van der Waals surface area contributed by atoms with Crippen LogP contribution in [0.15, 0.2) is 30.6 Å². The normalized spacial score (nSPS) is 10.2. The van der Waals surface area contributed by atoms with Crippen LogP contribution in [0.5, 0.6) is 5.75 Å². The van der Waals surface area contributed by atoms with Gasteiger partial charge in [0.2, 0.25) is 0 Å². The molecule has 0 radical (unpaired) electrons. The molecule has 0 aliphatic rings. The van der Waals surface area contributed by atoms with Gasteiger partial charge >= 0.3 is 5.97 Å². The summed E-state index contributed by atoms with van der Waals surface area (Å²) in [6, 6.07) is 4.90. The number of ether oxygens (including phenoxy) is 1. The maximum Gasteiger partial charge on any atom is 0.337 e. The first kappa shape index (κ1) is 14.1. The first-order chi connectivity index (χ1) is 9.52. The molecule has 20 heavy (non-hydrogen) atoms. The molecule has 2 aromatic rings. The highest BCUT2D eigenvalue weighted by molar-refractivity contribution is 6.31. The highest BCUT2D eigenvalue weighted by atomic mass is 35.5. The summed E-state index contributed by atoms with van der Waals surface area (Å²) in [5.41, 5.74) is 2.01. The zero-order chi connectivity index (χ0) is 14.7. The van der Waals surface area contributed by atoms with Crippen molar-refractivity contribution in [3.63, 3.8) is 0 Å². The molecule has 0 saturated heterocycles. The zero-order valence-corrected chi connectivity index (χ0v) is 11.7. The fraction of sp³-hybridized carbons (Fsp3) is 0.143. The van der Waals surface area contributed by atoms with E-state index in [9.17, 15) is 4.79 Å². The van der Waals surface area contributed by atoms with Crippen molar-refractivity contribution in [2.75, 3.05) is 12.4 Å². The van der Waals surface area contributed by atoms with E-state index in [1.807, 2.05) is 6.92 Å². The molecular formula is C14H13ClN2O3. The third-order valence-corrected chi connectivity index (χ3v) is 3.21. The third kappa shape index (κ3) is 2.83. The van der Waals surface area contributed by atoms with Crippen molar-refractivity contribution in [2.24, 2.45) is 0 Å². The molecule has 0 aliphatic heterocycles. The topological polar surface area (TPSA) is 71.5 Å². The standard InChI is InChI=1S/C14H13ClN2O3/c1-8-5-11(13(20-2)6-10(8)15)17-12-7-16-4-3-9(12)14(18)19/h3-7,17H,1-2H3,(H,18,19). The van der Waals surface area contributed by atoms with E-state index in [-0.39, 0.29) is 5.56 Å². The lowest BCUT2D eigenvalue weighted by atomic mass is 10.1. The zero-order valence-electron chi connectivity index (χ0n) is 11.0. The van der Waals surface area contributed by atoms with Crippen LogP contribution in [0.25, 0.3) is 0 Å². The summed E-state index contributed by atoms with van der Waals surface area (Å²) in [7, 11) is 1.52. The van der Waals surface area contributed by atoms with Gasteiger partial charge in [-0.1, -0.05) is 11.6 Å². The van der Waals surface area contributed by atoms with Crippen molar-refractivity contribution in [3.8, 4) is 5.75 Å². The van der Waals surface area contributed by atoms with E-state index in [0.29, 0.717) is 22.1 Å². The number of methoxy groups -OCH3 is 1. The predicted octanol–water partition coefficient (Wildman–Crippen LogP) is 3.49. The number of benzene rings is 1. The Bertz CT molecular complexity index is 659. The first-order valence-electron chi connectivity index (χ1n) is 5.81. The smallest absolute Gasteiger partial charge is 0.337 e. The van der Waals surface area contributed by atoms with Crippen LogP contribution in [0, 0.1) is 6.92 Å². The summed E-state index contributed by atoms with van der Waals surface area (Å²) in [6.07, 6.45) is 2.88. The molecule has 2 rings (SSSR count). The number of aromatic nitrogens is 1. The number of carboxylic acids is 1. The van der Waals surface area contributed by atoms with Crippen LogP contribution in [-0.2, 0) is 0 Å². The number of carbonyl (C=O) groups is 1. The summed E-state index contributed by atoms with van der Waals surface area (Å²) in [5.74, 6) is -0.500. The number of pyridine rings is 1. The molecule has 0 amide bonds. The molecule has 1 aromatic carbocycles. The third-order valence-electron chi connectivity index (χ3n) is 2.80. The Morgan fingerprint density at radius 2 is 2.15 bits per heavy atom. The molecule has 0 atom stereocenters. The van der Waals surface area contributed by atoms with Crippen molar-refractivity contribution in [3.05, 3.63) is 46.7 Å². The molecule has 6 heteroatoms. The number of hydrogen-bond donors (Lipinski definition) is 2. The maximum atomic E-state index is 11.2. The van der Waals surface area contributed by atoms with E-state index >= 15 is 0 Å². The molecule has 0 fully saturated rings. The van der Waals surface area contributed by atoms with Gasteiger partial charge in [0.25, 0.3) is 0 Å². The molecule has 0 saturated carbocycles. The number of nitrogens with one attached hydrogen (secondary N) is 1. The molecule has 2 N–H and O–H groups in total. The molecule has 104 valence electrons. The van der Waals surface area contributed by atoms with E-state index in [1.54, 1.807) is 12.1 Å². The second-order valence-corrected chi connectivity index (χ2v) is 4.56. The van der Waals surface area contributed by atoms with Gasteiger partial charge in [0.15, 0.2) is 0 Å². The molecule has 5 nitrogen and oxygen atoms in total. The average Bonchev–Trinajstić information content (AvgIpc) is 2.43. The highest BCUT2D eigenvalue weighted by Gasteiger charge is 2.13. The van der Waals surface area contributed by atoms with Crippen LogP contribution >= 0.6 is 11.6 Å². The summed E-state index contributed by atoms with van der Waals surface area (Å²) < 4.78 is 5.24. The first-order valence-corrected chi connectivity index (χ1v) is 6.19. The number of anilines is 2. The lowest BCUT2D eigenvalue weighted by molar-refractivity contribution is 0.0698. The van der Waals surface area contributed by atoms with Crippen LogP contribution in [0.4, 0.5) is 11.4 Å². The van der Waals surface area contributed by atoms with E-state index < -0.39 is 5.97 Å². The Balaban J connectivity index is 2.45. The van der Waals surface area contributed by atoms with Crippen LogP contribution < -0.4 is 10.1 Å². The highest BCUT2D eigenvalue weighted by Crippen LogP contribution is 2.33. The molecule has 0 unspecified atom stereocenters. The maximum absolute atomic E-state index is 11.2. The van der Waals surface area contributed by atoms with Gasteiger partial charge in [0.05, 0.1) is 30.2 Å². The predicted molar refractivity (Wildman–Crippen MR) is 77.2 cm³/mol. The molecule has 0 bridgehead atoms. The minimum Gasteiger partial charge on any atom is -0.495 e. The quantitative estimate of drug-likeness (QED) is 0.902. The molecule has 1 aromatic heterocycles. The summed E-state index contributed by atoms with van der Waals surface area (Å²) in [6.45, 7) is 1.86.